The fraction of sp³-hybridized carbons (Fsp3) is 0.462. The summed E-state index contributed by atoms with van der Waals surface area (Å²) in [5.74, 6) is -3.13. The molecule has 0 fully saturated rings. The van der Waals surface area contributed by atoms with E-state index in [4.69, 9.17) is 4.43 Å². The molecule has 0 unspecified atom stereocenters. The summed E-state index contributed by atoms with van der Waals surface area (Å²) in [6, 6.07) is 7.78. The Balaban J connectivity index is 2.34. The number of hydrogen-bond donors (Lipinski definition) is 3. The van der Waals surface area contributed by atoms with E-state index in [0.717, 1.165) is 5.56 Å². The van der Waals surface area contributed by atoms with Gasteiger partial charge >= 0.3 is 11.9 Å². The van der Waals surface area contributed by atoms with Crippen molar-refractivity contribution in [1.29, 1.82) is 0 Å². The molecule has 2 aromatic carbocycles. The molecule has 0 saturated carbocycles. The lowest BCUT2D eigenvalue weighted by atomic mass is 9.83. The zero-order valence-corrected chi connectivity index (χ0v) is 22.3. The van der Waals surface area contributed by atoms with E-state index in [1.807, 2.05) is 20.8 Å². The van der Waals surface area contributed by atoms with Crippen LogP contribution in [0.4, 0.5) is 10.1 Å². The molecule has 0 aliphatic carbocycles. The van der Waals surface area contributed by atoms with Crippen LogP contribution in [0.2, 0.25) is 18.1 Å². The molecular formula is C26H36FNO5Si. The van der Waals surface area contributed by atoms with E-state index in [9.17, 15) is 24.2 Å². The average Bonchev–Trinajstić information content (AvgIpc) is 2.69. The molecule has 2 rings (SSSR count). The minimum atomic E-state index is -1.97. The van der Waals surface area contributed by atoms with Gasteiger partial charge in [0.2, 0.25) is 0 Å². The highest BCUT2D eigenvalue weighted by molar-refractivity contribution is 6.74. The van der Waals surface area contributed by atoms with Crippen molar-refractivity contribution in [3.05, 3.63) is 64.0 Å². The molecule has 0 aliphatic rings. The summed E-state index contributed by atoms with van der Waals surface area (Å²) in [4.78, 5) is 23.6. The van der Waals surface area contributed by atoms with E-state index in [1.54, 1.807) is 18.2 Å². The highest BCUT2D eigenvalue weighted by Gasteiger charge is 2.37. The quantitative estimate of drug-likeness (QED) is 0.359. The predicted molar refractivity (Wildman–Crippen MR) is 135 cm³/mol. The summed E-state index contributed by atoms with van der Waals surface area (Å²) in [5, 5.41) is 22.3. The molecule has 0 aromatic heterocycles. The lowest BCUT2D eigenvalue weighted by Gasteiger charge is -2.36. The summed E-state index contributed by atoms with van der Waals surface area (Å²) >= 11 is 0. The Morgan fingerprint density at radius 3 is 2.09 bits per heavy atom. The molecule has 0 aliphatic heterocycles. The largest absolute Gasteiger partial charge is 0.478 e. The van der Waals surface area contributed by atoms with Crippen molar-refractivity contribution in [2.24, 2.45) is 0 Å². The smallest absolute Gasteiger partial charge is 0.338 e. The number of carboxylic acid groups (broad SMARTS) is 2. The minimum Gasteiger partial charge on any atom is -0.478 e. The topological polar surface area (TPSA) is 95.9 Å². The molecule has 2 aromatic rings. The van der Waals surface area contributed by atoms with Crippen LogP contribution in [0.3, 0.4) is 0 Å². The van der Waals surface area contributed by atoms with Crippen molar-refractivity contribution >= 4 is 25.9 Å². The summed E-state index contributed by atoms with van der Waals surface area (Å²) in [6.07, 6.45) is 0. The normalized spacial score (nSPS) is 12.5. The van der Waals surface area contributed by atoms with Gasteiger partial charge < -0.3 is 20.0 Å². The number of halogens is 1. The maximum Gasteiger partial charge on any atom is 0.338 e. The first-order valence-electron chi connectivity index (χ1n) is 11.2. The number of hydrogen-bond acceptors (Lipinski definition) is 4. The van der Waals surface area contributed by atoms with Crippen LogP contribution in [0.1, 0.15) is 78.9 Å². The molecule has 0 saturated heterocycles. The van der Waals surface area contributed by atoms with Crippen LogP contribution in [-0.4, -0.2) is 30.5 Å². The fourth-order valence-corrected chi connectivity index (χ4v) is 4.26. The van der Waals surface area contributed by atoms with Crippen LogP contribution in [0, 0.1) is 5.82 Å². The van der Waals surface area contributed by atoms with Gasteiger partial charge in [0.15, 0.2) is 8.32 Å². The molecule has 34 heavy (non-hydrogen) atoms. The molecular weight excluding hydrogens is 453 g/mol. The Bertz CT molecular complexity index is 1080. The van der Waals surface area contributed by atoms with E-state index in [1.165, 1.54) is 12.1 Å². The number of nitrogens with one attached hydrogen (secondary N) is 1. The molecule has 0 radical (unpaired) electrons. The molecule has 186 valence electrons. The third-order valence-corrected chi connectivity index (χ3v) is 10.9. The van der Waals surface area contributed by atoms with Gasteiger partial charge in [-0.3, -0.25) is 0 Å². The molecule has 3 N–H and O–H groups in total. The first-order chi connectivity index (χ1) is 15.5. The third kappa shape index (κ3) is 6.24. The molecule has 6 nitrogen and oxygen atoms in total. The van der Waals surface area contributed by atoms with Crippen LogP contribution in [0.5, 0.6) is 0 Å². The second-order valence-electron chi connectivity index (χ2n) is 11.1. The molecule has 0 bridgehead atoms. The van der Waals surface area contributed by atoms with Crippen molar-refractivity contribution in [2.45, 2.75) is 78.2 Å². The highest BCUT2D eigenvalue weighted by atomic mass is 28.4. The zero-order chi connectivity index (χ0) is 26.1. The van der Waals surface area contributed by atoms with Gasteiger partial charge in [-0.2, -0.15) is 0 Å². The van der Waals surface area contributed by atoms with Gasteiger partial charge in [-0.05, 0) is 46.8 Å². The maximum atomic E-state index is 14.9. The van der Waals surface area contributed by atoms with Gasteiger partial charge in [-0.1, -0.05) is 59.7 Å². The SMILES string of the molecule is CC(C)(C)c1ccc(C(=O)O)c(C(=O)O)c1NCc1ccc(CO[Si](C)(C)C(C)(C)C)cc1F. The van der Waals surface area contributed by atoms with Crippen LogP contribution in [-0.2, 0) is 23.0 Å². The van der Waals surface area contributed by atoms with Crippen molar-refractivity contribution < 1.29 is 28.6 Å². The summed E-state index contributed by atoms with van der Waals surface area (Å²) in [5.41, 5.74) is 0.766. The Morgan fingerprint density at radius 2 is 1.62 bits per heavy atom. The van der Waals surface area contributed by atoms with Gasteiger partial charge in [0, 0.05) is 12.1 Å². The fourth-order valence-electron chi connectivity index (χ4n) is 3.30. The van der Waals surface area contributed by atoms with Crippen molar-refractivity contribution in [1.82, 2.24) is 0 Å². The number of rotatable bonds is 8. The van der Waals surface area contributed by atoms with Crippen molar-refractivity contribution in [3.63, 3.8) is 0 Å². The predicted octanol–water partition coefficient (Wildman–Crippen LogP) is 6.65. The minimum absolute atomic E-state index is 0.00162. The number of aromatic carboxylic acids is 2. The monoisotopic (exact) mass is 489 g/mol. The Labute approximate surface area is 202 Å². The van der Waals surface area contributed by atoms with Gasteiger partial charge in [0.05, 0.1) is 23.4 Å². The van der Waals surface area contributed by atoms with Gasteiger partial charge in [-0.15, -0.1) is 0 Å². The molecule has 0 atom stereocenters. The maximum absolute atomic E-state index is 14.9. The molecule has 8 heteroatoms. The van der Waals surface area contributed by atoms with Crippen LogP contribution >= 0.6 is 0 Å². The standard InChI is InChI=1S/C26H36FNO5Si/c1-25(2,3)19-12-11-18(23(29)30)21(24(31)32)22(19)28-14-17-10-9-16(13-20(17)27)15-33-34(7,8)26(4,5)6/h9-13,28H,14-15H2,1-8H3,(H,29,30)(H,31,32). The van der Waals surface area contributed by atoms with E-state index >= 15 is 0 Å². The Morgan fingerprint density at radius 1 is 1.00 bits per heavy atom. The third-order valence-electron chi connectivity index (χ3n) is 6.44. The Kier molecular flexibility index (Phi) is 8.00. The Hall–Kier alpha value is -2.71. The molecule has 0 heterocycles. The van der Waals surface area contributed by atoms with E-state index in [2.05, 4.69) is 39.2 Å². The summed E-state index contributed by atoms with van der Waals surface area (Å²) < 4.78 is 21.1. The summed E-state index contributed by atoms with van der Waals surface area (Å²) in [6.45, 7) is 16.7. The van der Waals surface area contributed by atoms with Crippen LogP contribution < -0.4 is 5.32 Å². The van der Waals surface area contributed by atoms with Gasteiger partial charge in [0.25, 0.3) is 0 Å². The second kappa shape index (κ2) is 9.88. The first-order valence-corrected chi connectivity index (χ1v) is 14.2. The first kappa shape index (κ1) is 27.5. The number of carbonyl (C=O) groups is 2. The number of benzene rings is 2. The van der Waals surface area contributed by atoms with E-state index in [-0.39, 0.29) is 28.4 Å². The highest BCUT2D eigenvalue weighted by Crippen LogP contribution is 2.37. The average molecular weight is 490 g/mol. The molecule has 0 amide bonds. The number of carboxylic acids is 2. The van der Waals surface area contributed by atoms with Gasteiger partial charge in [-0.25, -0.2) is 14.0 Å². The van der Waals surface area contributed by atoms with Crippen LogP contribution in [0.25, 0.3) is 0 Å². The van der Waals surface area contributed by atoms with Gasteiger partial charge in [0.1, 0.15) is 5.82 Å². The second-order valence-corrected chi connectivity index (χ2v) is 15.9. The van der Waals surface area contributed by atoms with Crippen LogP contribution in [0.15, 0.2) is 30.3 Å². The lowest BCUT2D eigenvalue weighted by Crippen LogP contribution is -2.40. The molecule has 0 spiro atoms. The van der Waals surface area contributed by atoms with E-state index < -0.39 is 31.5 Å². The summed E-state index contributed by atoms with van der Waals surface area (Å²) in [7, 11) is -1.97. The number of anilines is 1. The van der Waals surface area contributed by atoms with Crippen molar-refractivity contribution in [3.8, 4) is 0 Å². The van der Waals surface area contributed by atoms with Crippen molar-refractivity contribution in [2.75, 3.05) is 5.32 Å². The lowest BCUT2D eigenvalue weighted by molar-refractivity contribution is 0.0652. The van der Waals surface area contributed by atoms with E-state index in [0.29, 0.717) is 17.7 Å². The zero-order valence-electron chi connectivity index (χ0n) is 21.3.